The molecule has 2 heterocycles. The highest BCUT2D eigenvalue weighted by molar-refractivity contribution is 7.17. The van der Waals surface area contributed by atoms with Crippen LogP contribution in [0.3, 0.4) is 0 Å². The number of aromatic carboxylic acids is 1. The summed E-state index contributed by atoms with van der Waals surface area (Å²) in [5, 5.41) is 9.78. The quantitative estimate of drug-likeness (QED) is 0.906. The van der Waals surface area contributed by atoms with Gasteiger partial charge in [-0.2, -0.15) is 0 Å². The Morgan fingerprint density at radius 3 is 2.65 bits per heavy atom. The van der Waals surface area contributed by atoms with Gasteiger partial charge in [-0.1, -0.05) is 19.9 Å². The van der Waals surface area contributed by atoms with Crippen molar-refractivity contribution in [3.63, 3.8) is 0 Å². The van der Waals surface area contributed by atoms with Gasteiger partial charge >= 0.3 is 5.97 Å². The molecule has 2 aromatic rings. The lowest BCUT2D eigenvalue weighted by molar-refractivity contribution is 0.0700. The molecule has 4 nitrogen and oxygen atoms in total. The fourth-order valence-electron chi connectivity index (χ4n) is 1.48. The van der Waals surface area contributed by atoms with E-state index in [-0.39, 0.29) is 5.92 Å². The summed E-state index contributed by atoms with van der Waals surface area (Å²) in [4.78, 5) is 20.0. The number of hydrogen-bond donors (Lipinski definition) is 1. The summed E-state index contributed by atoms with van der Waals surface area (Å²) in [5.74, 6) is -0.830. The molecule has 0 atom stereocenters. The Bertz CT molecular complexity index is 535. The maximum Gasteiger partial charge on any atom is 0.347 e. The highest BCUT2D eigenvalue weighted by atomic mass is 32.1. The van der Waals surface area contributed by atoms with E-state index in [4.69, 9.17) is 5.11 Å². The summed E-state index contributed by atoms with van der Waals surface area (Å²) in [5.41, 5.74) is 1.34. The maximum atomic E-state index is 11.1. The minimum absolute atomic E-state index is 0.0924. The van der Waals surface area contributed by atoms with Gasteiger partial charge in [0.25, 0.3) is 0 Å². The van der Waals surface area contributed by atoms with Crippen LogP contribution in [-0.4, -0.2) is 21.0 Å². The molecule has 0 spiro atoms. The van der Waals surface area contributed by atoms with Crippen LogP contribution in [0, 0.1) is 0 Å². The lowest BCUT2D eigenvalue weighted by atomic mass is 10.1. The second-order valence-corrected chi connectivity index (χ2v) is 4.91. The van der Waals surface area contributed by atoms with Gasteiger partial charge in [-0.05, 0) is 18.1 Å². The van der Waals surface area contributed by atoms with Gasteiger partial charge in [0.05, 0.1) is 11.4 Å². The van der Waals surface area contributed by atoms with E-state index in [9.17, 15) is 4.79 Å². The molecule has 0 aliphatic heterocycles. The van der Waals surface area contributed by atoms with E-state index in [1.165, 1.54) is 11.3 Å². The van der Waals surface area contributed by atoms with Crippen LogP contribution in [0.2, 0.25) is 0 Å². The van der Waals surface area contributed by atoms with E-state index in [2.05, 4.69) is 9.97 Å². The number of pyridine rings is 1. The largest absolute Gasteiger partial charge is 0.477 e. The molecule has 0 aliphatic rings. The highest BCUT2D eigenvalue weighted by Crippen LogP contribution is 2.30. The predicted molar refractivity (Wildman–Crippen MR) is 66.4 cm³/mol. The first-order valence-electron chi connectivity index (χ1n) is 5.25. The minimum atomic E-state index is -0.923. The molecule has 0 aliphatic carbocycles. The first kappa shape index (κ1) is 11.7. The lowest BCUT2D eigenvalue weighted by Gasteiger charge is -2.00. The van der Waals surface area contributed by atoms with E-state index in [1.807, 2.05) is 32.0 Å². The molecule has 2 rings (SSSR count). The van der Waals surface area contributed by atoms with Crippen LogP contribution in [0.1, 0.15) is 35.1 Å². The lowest BCUT2D eigenvalue weighted by Crippen LogP contribution is -2.00. The van der Waals surface area contributed by atoms with Crippen LogP contribution in [0.4, 0.5) is 0 Å². The normalized spacial score (nSPS) is 10.8. The summed E-state index contributed by atoms with van der Waals surface area (Å²) in [6.07, 6.45) is 1.67. The second kappa shape index (κ2) is 4.63. The molecule has 0 fully saturated rings. The van der Waals surface area contributed by atoms with Crippen LogP contribution in [0.5, 0.6) is 0 Å². The van der Waals surface area contributed by atoms with E-state index in [0.717, 1.165) is 0 Å². The highest BCUT2D eigenvalue weighted by Gasteiger charge is 2.20. The zero-order valence-electron chi connectivity index (χ0n) is 9.54. The van der Waals surface area contributed by atoms with Gasteiger partial charge < -0.3 is 5.11 Å². The predicted octanol–water partition coefficient (Wildman–Crippen LogP) is 3.03. The molecule has 88 valence electrons. The fourth-order valence-corrected chi connectivity index (χ4v) is 2.51. The van der Waals surface area contributed by atoms with Crippen LogP contribution >= 0.6 is 11.3 Å². The number of nitrogens with zero attached hydrogens (tertiary/aromatic N) is 2. The van der Waals surface area contributed by atoms with Crippen LogP contribution in [0.25, 0.3) is 10.7 Å². The number of aromatic nitrogens is 2. The molecule has 2 aromatic heterocycles. The molecule has 0 saturated carbocycles. The maximum absolute atomic E-state index is 11.1. The van der Waals surface area contributed by atoms with Gasteiger partial charge in [-0.25, -0.2) is 9.78 Å². The molecule has 17 heavy (non-hydrogen) atoms. The van der Waals surface area contributed by atoms with Crippen molar-refractivity contribution in [3.8, 4) is 10.7 Å². The number of rotatable bonds is 3. The Hall–Kier alpha value is -1.75. The number of hydrogen-bond acceptors (Lipinski definition) is 4. The molecule has 0 amide bonds. The van der Waals surface area contributed by atoms with E-state index in [0.29, 0.717) is 21.3 Å². The molecular weight excluding hydrogens is 236 g/mol. The van der Waals surface area contributed by atoms with E-state index < -0.39 is 5.97 Å². The van der Waals surface area contributed by atoms with Crippen molar-refractivity contribution in [3.05, 3.63) is 35.0 Å². The van der Waals surface area contributed by atoms with Gasteiger partial charge in [0.2, 0.25) is 0 Å². The standard InChI is InChI=1S/C12H12N2O2S/c1-7(2)9-10(12(15)16)17-11(14-9)8-5-3-4-6-13-8/h3-7H,1-2H3,(H,15,16). The third-order valence-electron chi connectivity index (χ3n) is 2.28. The Balaban J connectivity index is 2.51. The third-order valence-corrected chi connectivity index (χ3v) is 3.36. The molecule has 0 unspecified atom stereocenters. The zero-order chi connectivity index (χ0) is 12.4. The number of carboxylic acid groups (broad SMARTS) is 1. The summed E-state index contributed by atoms with van der Waals surface area (Å²) in [6, 6.07) is 5.51. The Morgan fingerprint density at radius 2 is 2.18 bits per heavy atom. The fraction of sp³-hybridized carbons (Fsp3) is 0.250. The van der Waals surface area contributed by atoms with Crippen molar-refractivity contribution in [2.45, 2.75) is 19.8 Å². The SMILES string of the molecule is CC(C)c1nc(-c2ccccn2)sc1C(=O)O. The van der Waals surface area contributed by atoms with Crippen molar-refractivity contribution < 1.29 is 9.90 Å². The first-order chi connectivity index (χ1) is 8.09. The molecule has 0 bridgehead atoms. The molecule has 0 radical (unpaired) electrons. The number of thiazole rings is 1. The summed E-state index contributed by atoms with van der Waals surface area (Å²) >= 11 is 1.18. The van der Waals surface area contributed by atoms with Crippen molar-refractivity contribution in [2.75, 3.05) is 0 Å². The van der Waals surface area contributed by atoms with Gasteiger partial charge in [0, 0.05) is 6.20 Å². The first-order valence-corrected chi connectivity index (χ1v) is 6.06. The van der Waals surface area contributed by atoms with Crippen LogP contribution in [-0.2, 0) is 0 Å². The summed E-state index contributed by atoms with van der Waals surface area (Å²) in [6.45, 7) is 3.87. The van der Waals surface area contributed by atoms with Gasteiger partial charge in [0.15, 0.2) is 0 Å². The zero-order valence-corrected chi connectivity index (χ0v) is 10.4. The molecule has 0 aromatic carbocycles. The molecule has 0 saturated heterocycles. The van der Waals surface area contributed by atoms with E-state index >= 15 is 0 Å². The van der Waals surface area contributed by atoms with Gasteiger partial charge in [0.1, 0.15) is 9.88 Å². The van der Waals surface area contributed by atoms with Gasteiger partial charge in [-0.15, -0.1) is 11.3 Å². The Labute approximate surface area is 103 Å². The average Bonchev–Trinajstić information content (AvgIpc) is 2.75. The Kier molecular flexibility index (Phi) is 3.19. The number of carboxylic acids is 1. The van der Waals surface area contributed by atoms with Crippen LogP contribution < -0.4 is 0 Å². The topological polar surface area (TPSA) is 63.1 Å². The number of carbonyl (C=O) groups is 1. The van der Waals surface area contributed by atoms with E-state index in [1.54, 1.807) is 6.20 Å². The third kappa shape index (κ3) is 2.34. The summed E-state index contributed by atoms with van der Waals surface area (Å²) in [7, 11) is 0. The average molecular weight is 248 g/mol. The Morgan fingerprint density at radius 1 is 1.41 bits per heavy atom. The molecule has 1 N–H and O–H groups in total. The molecule has 5 heteroatoms. The summed E-state index contributed by atoms with van der Waals surface area (Å²) < 4.78 is 0. The second-order valence-electron chi connectivity index (χ2n) is 3.91. The molecular formula is C12H12N2O2S. The smallest absolute Gasteiger partial charge is 0.347 e. The van der Waals surface area contributed by atoms with Crippen molar-refractivity contribution in [1.82, 2.24) is 9.97 Å². The van der Waals surface area contributed by atoms with Crippen molar-refractivity contribution in [2.24, 2.45) is 0 Å². The van der Waals surface area contributed by atoms with Crippen LogP contribution in [0.15, 0.2) is 24.4 Å². The monoisotopic (exact) mass is 248 g/mol. The van der Waals surface area contributed by atoms with Gasteiger partial charge in [-0.3, -0.25) is 4.98 Å². The van der Waals surface area contributed by atoms with Crippen molar-refractivity contribution in [1.29, 1.82) is 0 Å². The minimum Gasteiger partial charge on any atom is -0.477 e. The van der Waals surface area contributed by atoms with Crippen molar-refractivity contribution >= 4 is 17.3 Å².